The van der Waals surface area contributed by atoms with Crippen LogP contribution in [0.5, 0.6) is 5.75 Å². The van der Waals surface area contributed by atoms with E-state index in [1.165, 1.54) is 16.8 Å². The fourth-order valence-corrected chi connectivity index (χ4v) is 3.23. The van der Waals surface area contributed by atoms with Crippen molar-refractivity contribution in [3.05, 3.63) is 59.7 Å². The molecule has 1 unspecified atom stereocenters. The number of hydrogen-bond donors (Lipinski definition) is 1. The maximum atomic E-state index is 6.32. The van der Waals surface area contributed by atoms with Gasteiger partial charge in [-0.1, -0.05) is 50.2 Å². The summed E-state index contributed by atoms with van der Waals surface area (Å²) in [5, 5.41) is 0. The quantitative estimate of drug-likeness (QED) is 0.796. The summed E-state index contributed by atoms with van der Waals surface area (Å²) >= 11 is 0. The summed E-state index contributed by atoms with van der Waals surface area (Å²) in [5.41, 5.74) is 9.50. The fraction of sp³-hybridized carbons (Fsp3) is 0.429. The molecule has 0 bridgehead atoms. The van der Waals surface area contributed by atoms with E-state index in [2.05, 4.69) is 61.2 Å². The molecule has 2 aromatic carbocycles. The molecule has 24 heavy (non-hydrogen) atoms. The first-order valence-electron chi connectivity index (χ1n) is 8.99. The van der Waals surface area contributed by atoms with Crippen LogP contribution in [0.1, 0.15) is 49.8 Å². The number of benzene rings is 2. The molecule has 3 nitrogen and oxygen atoms in total. The average molecular weight is 324 g/mol. The maximum Gasteiger partial charge on any atom is 0.143 e. The molecule has 2 aromatic rings. The van der Waals surface area contributed by atoms with Gasteiger partial charge in [0.05, 0.1) is 12.2 Å². The van der Waals surface area contributed by atoms with Crippen molar-refractivity contribution < 1.29 is 4.74 Å². The fourth-order valence-electron chi connectivity index (χ4n) is 3.23. The van der Waals surface area contributed by atoms with Gasteiger partial charge in [-0.2, -0.15) is 0 Å². The van der Waals surface area contributed by atoms with Crippen LogP contribution >= 0.6 is 0 Å². The molecule has 0 aliphatic carbocycles. The smallest absolute Gasteiger partial charge is 0.143 e. The van der Waals surface area contributed by atoms with Crippen LogP contribution in [-0.4, -0.2) is 19.6 Å². The van der Waals surface area contributed by atoms with Crippen LogP contribution in [0.25, 0.3) is 0 Å². The van der Waals surface area contributed by atoms with E-state index in [0.717, 1.165) is 38.2 Å². The van der Waals surface area contributed by atoms with Crippen molar-refractivity contribution in [3.8, 4) is 5.75 Å². The molecule has 1 aliphatic heterocycles. The zero-order valence-corrected chi connectivity index (χ0v) is 14.7. The first-order chi connectivity index (χ1) is 11.7. The molecule has 0 fully saturated rings. The van der Waals surface area contributed by atoms with Crippen LogP contribution in [0.15, 0.2) is 48.5 Å². The second kappa shape index (κ2) is 7.71. The number of unbranched alkanes of at least 4 members (excludes halogenated alkanes) is 1. The lowest BCUT2D eigenvalue weighted by Crippen LogP contribution is -2.36. The molecule has 0 radical (unpaired) electrons. The van der Waals surface area contributed by atoms with Crippen LogP contribution in [0.3, 0.4) is 0 Å². The van der Waals surface area contributed by atoms with Crippen molar-refractivity contribution in [1.82, 2.24) is 0 Å². The van der Waals surface area contributed by atoms with E-state index in [9.17, 15) is 0 Å². The normalized spacial score (nSPS) is 16.8. The lowest BCUT2D eigenvalue weighted by molar-refractivity contribution is 0.197. The highest BCUT2D eigenvalue weighted by atomic mass is 16.5. The summed E-state index contributed by atoms with van der Waals surface area (Å²) < 4.78 is 6.32. The van der Waals surface area contributed by atoms with Gasteiger partial charge in [-0.05, 0) is 48.6 Å². The molecule has 3 heteroatoms. The van der Waals surface area contributed by atoms with Gasteiger partial charge in [0, 0.05) is 6.54 Å². The van der Waals surface area contributed by atoms with Crippen LogP contribution in [-0.2, 0) is 0 Å². The summed E-state index contributed by atoms with van der Waals surface area (Å²) in [7, 11) is 0. The molecule has 0 spiro atoms. The number of fused-ring (bicyclic) bond motifs is 1. The van der Waals surface area contributed by atoms with E-state index in [1.54, 1.807) is 0 Å². The van der Waals surface area contributed by atoms with Gasteiger partial charge in [0.15, 0.2) is 0 Å². The Balaban J connectivity index is 1.89. The predicted molar refractivity (Wildman–Crippen MR) is 101 cm³/mol. The predicted octanol–water partition coefficient (Wildman–Crippen LogP) is 4.49. The lowest BCUT2D eigenvalue weighted by Gasteiger charge is -2.37. The molecule has 0 aromatic heterocycles. The van der Waals surface area contributed by atoms with Crippen molar-refractivity contribution in [2.75, 3.05) is 24.5 Å². The monoisotopic (exact) mass is 324 g/mol. The third kappa shape index (κ3) is 3.73. The van der Waals surface area contributed by atoms with Crippen LogP contribution in [0, 0.1) is 0 Å². The number of ether oxygens (including phenoxy) is 1. The minimum Gasteiger partial charge on any atom is -0.482 e. The molecule has 0 saturated heterocycles. The molecular formula is C21H28N2O. The van der Waals surface area contributed by atoms with Gasteiger partial charge in [0.2, 0.25) is 0 Å². The van der Waals surface area contributed by atoms with Crippen LogP contribution in [0.4, 0.5) is 5.69 Å². The third-order valence-corrected chi connectivity index (χ3v) is 4.70. The highest BCUT2D eigenvalue weighted by molar-refractivity contribution is 5.62. The summed E-state index contributed by atoms with van der Waals surface area (Å²) in [6, 6.07) is 17.1. The Morgan fingerprint density at radius 2 is 1.92 bits per heavy atom. The van der Waals surface area contributed by atoms with Crippen molar-refractivity contribution >= 4 is 5.69 Å². The summed E-state index contributed by atoms with van der Waals surface area (Å²) in [6.45, 7) is 7.14. The number of nitrogens with zero attached hydrogens (tertiary/aromatic N) is 1. The standard InChI is InChI=1S/C21H28N2O/c1-16(2)18-10-11-20-19(14-18)23(13-7-6-12-22)15-21(24-20)17-8-4-3-5-9-17/h3-5,8-11,14,16,21H,6-7,12-13,15,22H2,1-2H3. The van der Waals surface area contributed by atoms with E-state index < -0.39 is 0 Å². The zero-order valence-electron chi connectivity index (χ0n) is 14.7. The van der Waals surface area contributed by atoms with Crippen molar-refractivity contribution in [3.63, 3.8) is 0 Å². The number of anilines is 1. The minimum atomic E-state index is 0.0847. The second-order valence-corrected chi connectivity index (χ2v) is 6.84. The van der Waals surface area contributed by atoms with Crippen molar-refractivity contribution in [2.24, 2.45) is 5.73 Å². The second-order valence-electron chi connectivity index (χ2n) is 6.84. The molecule has 1 aliphatic rings. The summed E-state index contributed by atoms with van der Waals surface area (Å²) in [6.07, 6.45) is 2.26. The van der Waals surface area contributed by atoms with Gasteiger partial charge in [-0.25, -0.2) is 0 Å². The van der Waals surface area contributed by atoms with Gasteiger partial charge in [0.25, 0.3) is 0 Å². The minimum absolute atomic E-state index is 0.0847. The molecule has 1 atom stereocenters. The molecule has 2 N–H and O–H groups in total. The Morgan fingerprint density at radius 1 is 1.12 bits per heavy atom. The van der Waals surface area contributed by atoms with Crippen LogP contribution < -0.4 is 15.4 Å². The summed E-state index contributed by atoms with van der Waals surface area (Å²) in [5.74, 6) is 1.51. The molecule has 1 heterocycles. The maximum absolute atomic E-state index is 6.32. The van der Waals surface area contributed by atoms with Crippen molar-refractivity contribution in [1.29, 1.82) is 0 Å². The Bertz CT molecular complexity index is 654. The Morgan fingerprint density at radius 3 is 2.62 bits per heavy atom. The van der Waals surface area contributed by atoms with Crippen LogP contribution in [0.2, 0.25) is 0 Å². The molecule has 3 rings (SSSR count). The largest absolute Gasteiger partial charge is 0.482 e. The molecule has 128 valence electrons. The zero-order chi connectivity index (χ0) is 16.9. The van der Waals surface area contributed by atoms with E-state index in [1.807, 2.05) is 6.07 Å². The van der Waals surface area contributed by atoms with Gasteiger partial charge in [0.1, 0.15) is 11.9 Å². The SMILES string of the molecule is CC(C)c1ccc2c(c1)N(CCCCN)CC(c1ccccc1)O2. The van der Waals surface area contributed by atoms with Gasteiger partial charge in [-0.3, -0.25) is 0 Å². The third-order valence-electron chi connectivity index (χ3n) is 4.70. The first-order valence-corrected chi connectivity index (χ1v) is 8.99. The Kier molecular flexibility index (Phi) is 5.41. The number of nitrogens with two attached hydrogens (primary N) is 1. The number of rotatable bonds is 6. The number of hydrogen-bond acceptors (Lipinski definition) is 3. The molecule has 0 saturated carbocycles. The van der Waals surface area contributed by atoms with E-state index >= 15 is 0 Å². The van der Waals surface area contributed by atoms with Gasteiger partial charge < -0.3 is 15.4 Å². The van der Waals surface area contributed by atoms with Gasteiger partial charge in [-0.15, -0.1) is 0 Å². The molecular weight excluding hydrogens is 296 g/mol. The Labute approximate surface area is 145 Å². The van der Waals surface area contributed by atoms with Crippen molar-refractivity contribution in [2.45, 2.75) is 38.7 Å². The molecule has 0 amide bonds. The highest BCUT2D eigenvalue weighted by Gasteiger charge is 2.27. The first kappa shape index (κ1) is 16.8. The average Bonchev–Trinajstić information content (AvgIpc) is 2.62. The van der Waals surface area contributed by atoms with E-state index in [0.29, 0.717) is 5.92 Å². The van der Waals surface area contributed by atoms with E-state index in [-0.39, 0.29) is 6.10 Å². The lowest BCUT2D eigenvalue weighted by atomic mass is 10.00. The highest BCUT2D eigenvalue weighted by Crippen LogP contribution is 2.39. The van der Waals surface area contributed by atoms with Gasteiger partial charge >= 0.3 is 0 Å². The Hall–Kier alpha value is -2.00. The topological polar surface area (TPSA) is 38.5 Å². The summed E-state index contributed by atoms with van der Waals surface area (Å²) in [4.78, 5) is 2.47. The van der Waals surface area contributed by atoms with E-state index in [4.69, 9.17) is 10.5 Å².